The van der Waals surface area contributed by atoms with Crippen LogP contribution in [0.25, 0.3) is 0 Å². The molecule has 3 nitrogen and oxygen atoms in total. The molecule has 0 fully saturated rings. The van der Waals surface area contributed by atoms with Gasteiger partial charge in [0.2, 0.25) is 0 Å². The molecule has 0 spiro atoms. The van der Waals surface area contributed by atoms with Crippen LogP contribution in [0.5, 0.6) is 0 Å². The summed E-state index contributed by atoms with van der Waals surface area (Å²) in [6, 6.07) is 0. The van der Waals surface area contributed by atoms with Crippen molar-refractivity contribution in [2.45, 2.75) is 20.3 Å². The molecule has 1 aromatic heterocycles. The quantitative estimate of drug-likeness (QED) is 0.810. The fourth-order valence-corrected chi connectivity index (χ4v) is 1.43. The molecule has 0 saturated heterocycles. The van der Waals surface area contributed by atoms with Crippen LogP contribution in [0.4, 0.5) is 0 Å². The number of H-pyrrole nitrogens is 1. The molecule has 12 heavy (non-hydrogen) atoms. The third-order valence-corrected chi connectivity index (χ3v) is 2.41. The van der Waals surface area contributed by atoms with Crippen molar-refractivity contribution in [1.82, 2.24) is 10.2 Å². The van der Waals surface area contributed by atoms with Crippen LogP contribution in [-0.2, 0) is 6.42 Å². The maximum atomic E-state index is 10.4. The standard InChI is InChI=1S/C8H11BrN2O/c1-5(2)3-6-8(9)7(4-12)11-10-6/h4-5H,3H2,1-2H3,(H,10,11). The smallest absolute Gasteiger partial charge is 0.171 e. The van der Waals surface area contributed by atoms with Gasteiger partial charge in [-0.05, 0) is 28.3 Å². The molecule has 0 unspecified atom stereocenters. The summed E-state index contributed by atoms with van der Waals surface area (Å²) in [7, 11) is 0. The maximum absolute atomic E-state index is 10.4. The van der Waals surface area contributed by atoms with Crippen LogP contribution in [-0.4, -0.2) is 16.5 Å². The number of nitrogens with one attached hydrogen (secondary N) is 1. The largest absolute Gasteiger partial charge is 0.296 e. The van der Waals surface area contributed by atoms with Crippen LogP contribution in [0.1, 0.15) is 30.0 Å². The Morgan fingerprint density at radius 3 is 2.75 bits per heavy atom. The number of carbonyl (C=O) groups is 1. The maximum Gasteiger partial charge on any atom is 0.171 e. The van der Waals surface area contributed by atoms with Gasteiger partial charge in [0.05, 0.1) is 10.2 Å². The number of carbonyl (C=O) groups excluding carboxylic acids is 1. The predicted octanol–water partition coefficient (Wildman–Crippen LogP) is 2.18. The third-order valence-electron chi connectivity index (χ3n) is 1.53. The van der Waals surface area contributed by atoms with E-state index in [9.17, 15) is 4.79 Å². The number of aromatic amines is 1. The second kappa shape index (κ2) is 3.85. The first-order valence-electron chi connectivity index (χ1n) is 3.83. The van der Waals surface area contributed by atoms with Gasteiger partial charge in [-0.25, -0.2) is 0 Å². The van der Waals surface area contributed by atoms with E-state index in [1.807, 2.05) is 0 Å². The van der Waals surface area contributed by atoms with E-state index in [-0.39, 0.29) is 0 Å². The van der Waals surface area contributed by atoms with Gasteiger partial charge >= 0.3 is 0 Å². The van der Waals surface area contributed by atoms with E-state index in [0.717, 1.165) is 22.9 Å². The van der Waals surface area contributed by atoms with Crippen molar-refractivity contribution in [2.24, 2.45) is 5.92 Å². The fraction of sp³-hybridized carbons (Fsp3) is 0.500. The normalized spacial score (nSPS) is 10.7. The Bertz CT molecular complexity index is 281. The zero-order valence-corrected chi connectivity index (χ0v) is 8.68. The van der Waals surface area contributed by atoms with E-state index >= 15 is 0 Å². The molecule has 66 valence electrons. The Morgan fingerprint density at radius 1 is 1.67 bits per heavy atom. The lowest BCUT2D eigenvalue weighted by Gasteiger charge is -2.00. The Kier molecular flexibility index (Phi) is 3.03. The average Bonchev–Trinajstić information content (AvgIpc) is 2.32. The van der Waals surface area contributed by atoms with Crippen molar-refractivity contribution in [3.63, 3.8) is 0 Å². The second-order valence-electron chi connectivity index (χ2n) is 3.12. The Balaban J connectivity index is 2.86. The number of hydrogen-bond acceptors (Lipinski definition) is 2. The molecule has 0 aliphatic rings. The minimum Gasteiger partial charge on any atom is -0.296 e. The number of aldehydes is 1. The van der Waals surface area contributed by atoms with Crippen molar-refractivity contribution in [3.8, 4) is 0 Å². The molecule has 0 saturated carbocycles. The highest BCUT2D eigenvalue weighted by atomic mass is 79.9. The summed E-state index contributed by atoms with van der Waals surface area (Å²) in [6.07, 6.45) is 1.64. The van der Waals surface area contributed by atoms with E-state index in [4.69, 9.17) is 0 Å². The van der Waals surface area contributed by atoms with Gasteiger partial charge in [0.25, 0.3) is 0 Å². The molecular formula is C8H11BrN2O. The van der Waals surface area contributed by atoms with Crippen LogP contribution in [0, 0.1) is 5.92 Å². The molecule has 1 rings (SSSR count). The molecular weight excluding hydrogens is 220 g/mol. The number of halogens is 1. The topological polar surface area (TPSA) is 45.8 Å². The number of nitrogens with zero attached hydrogens (tertiary/aromatic N) is 1. The molecule has 0 aliphatic heterocycles. The highest BCUT2D eigenvalue weighted by Gasteiger charge is 2.10. The molecule has 0 radical (unpaired) electrons. The molecule has 0 bridgehead atoms. The summed E-state index contributed by atoms with van der Waals surface area (Å²) in [6.45, 7) is 4.24. The van der Waals surface area contributed by atoms with E-state index in [0.29, 0.717) is 11.6 Å². The van der Waals surface area contributed by atoms with Gasteiger partial charge < -0.3 is 0 Å². The van der Waals surface area contributed by atoms with Gasteiger partial charge in [-0.3, -0.25) is 9.89 Å². The first-order chi connectivity index (χ1) is 5.65. The first kappa shape index (κ1) is 9.45. The molecule has 1 heterocycles. The van der Waals surface area contributed by atoms with Crippen molar-refractivity contribution >= 4 is 22.2 Å². The van der Waals surface area contributed by atoms with Crippen molar-refractivity contribution in [2.75, 3.05) is 0 Å². The third kappa shape index (κ3) is 1.94. The molecule has 0 amide bonds. The number of hydrogen-bond donors (Lipinski definition) is 1. The van der Waals surface area contributed by atoms with E-state index in [1.165, 1.54) is 0 Å². The monoisotopic (exact) mass is 230 g/mol. The van der Waals surface area contributed by atoms with E-state index in [1.54, 1.807) is 0 Å². The number of rotatable bonds is 3. The van der Waals surface area contributed by atoms with Crippen LogP contribution >= 0.6 is 15.9 Å². The Hall–Kier alpha value is -0.640. The molecule has 0 aliphatic carbocycles. The Morgan fingerprint density at radius 2 is 2.33 bits per heavy atom. The lowest BCUT2D eigenvalue weighted by Crippen LogP contribution is -1.94. The van der Waals surface area contributed by atoms with E-state index < -0.39 is 0 Å². The van der Waals surface area contributed by atoms with Gasteiger partial charge in [0, 0.05) is 0 Å². The van der Waals surface area contributed by atoms with Crippen molar-refractivity contribution < 1.29 is 4.79 Å². The minimum atomic E-state index is 0.450. The summed E-state index contributed by atoms with van der Waals surface area (Å²) < 4.78 is 0.797. The predicted molar refractivity (Wildman–Crippen MR) is 50.2 cm³/mol. The molecule has 0 aromatic carbocycles. The minimum absolute atomic E-state index is 0.450. The number of aromatic nitrogens is 2. The van der Waals surface area contributed by atoms with Crippen molar-refractivity contribution in [3.05, 3.63) is 15.9 Å². The first-order valence-corrected chi connectivity index (χ1v) is 4.62. The average molecular weight is 231 g/mol. The van der Waals surface area contributed by atoms with Gasteiger partial charge in [-0.2, -0.15) is 5.10 Å². The van der Waals surface area contributed by atoms with Gasteiger partial charge in [-0.15, -0.1) is 0 Å². The lowest BCUT2D eigenvalue weighted by molar-refractivity contribution is 0.111. The summed E-state index contributed by atoms with van der Waals surface area (Å²) in [4.78, 5) is 10.4. The van der Waals surface area contributed by atoms with Gasteiger partial charge in [0.15, 0.2) is 6.29 Å². The van der Waals surface area contributed by atoms with Crippen molar-refractivity contribution in [1.29, 1.82) is 0 Å². The van der Waals surface area contributed by atoms with Crippen LogP contribution < -0.4 is 0 Å². The zero-order chi connectivity index (χ0) is 9.14. The lowest BCUT2D eigenvalue weighted by atomic mass is 10.1. The zero-order valence-electron chi connectivity index (χ0n) is 7.10. The van der Waals surface area contributed by atoms with Gasteiger partial charge in [0.1, 0.15) is 5.69 Å². The second-order valence-corrected chi connectivity index (χ2v) is 3.91. The Labute approximate surface area is 79.7 Å². The van der Waals surface area contributed by atoms with E-state index in [2.05, 4.69) is 40.0 Å². The summed E-state index contributed by atoms with van der Waals surface area (Å²) in [5, 5.41) is 6.68. The summed E-state index contributed by atoms with van der Waals surface area (Å²) in [5.41, 5.74) is 1.44. The SMILES string of the molecule is CC(C)Cc1[nH]nc(C=O)c1Br. The highest BCUT2D eigenvalue weighted by molar-refractivity contribution is 9.10. The highest BCUT2D eigenvalue weighted by Crippen LogP contribution is 2.20. The van der Waals surface area contributed by atoms with Gasteiger partial charge in [-0.1, -0.05) is 13.8 Å². The molecule has 1 N–H and O–H groups in total. The molecule has 1 aromatic rings. The van der Waals surface area contributed by atoms with Crippen LogP contribution in [0.2, 0.25) is 0 Å². The molecule has 0 atom stereocenters. The fourth-order valence-electron chi connectivity index (χ4n) is 1.00. The van der Waals surface area contributed by atoms with Crippen LogP contribution in [0.15, 0.2) is 4.47 Å². The molecule has 4 heteroatoms. The summed E-state index contributed by atoms with van der Waals surface area (Å²) in [5.74, 6) is 0.557. The van der Waals surface area contributed by atoms with Crippen LogP contribution in [0.3, 0.4) is 0 Å². The summed E-state index contributed by atoms with van der Waals surface area (Å²) >= 11 is 3.31.